The van der Waals surface area contributed by atoms with Crippen LogP contribution in [0.4, 0.5) is 0 Å². The zero-order valence-corrected chi connectivity index (χ0v) is 12.6. The molecule has 5 heteroatoms. The van der Waals surface area contributed by atoms with Crippen molar-refractivity contribution < 1.29 is 4.79 Å². The Morgan fingerprint density at radius 1 is 1.38 bits per heavy atom. The number of benzene rings is 1. The van der Waals surface area contributed by atoms with Gasteiger partial charge in [-0.05, 0) is 18.6 Å². The molecule has 0 aliphatic carbocycles. The van der Waals surface area contributed by atoms with Gasteiger partial charge in [-0.15, -0.1) is 0 Å². The first-order valence-corrected chi connectivity index (χ1v) is 7.21. The van der Waals surface area contributed by atoms with Gasteiger partial charge in [-0.2, -0.15) is 5.10 Å². The molecule has 0 aliphatic heterocycles. The fourth-order valence-corrected chi connectivity index (χ4v) is 2.23. The number of carbonyl (C=O) groups excluding carboxylic acids is 1. The van der Waals surface area contributed by atoms with E-state index in [1.807, 2.05) is 43.5 Å². The van der Waals surface area contributed by atoms with Gasteiger partial charge in [0.25, 0.3) is 0 Å². The van der Waals surface area contributed by atoms with Gasteiger partial charge in [-0.3, -0.25) is 4.79 Å². The summed E-state index contributed by atoms with van der Waals surface area (Å²) in [6.45, 7) is 2.54. The molecule has 21 heavy (non-hydrogen) atoms. The second-order valence-electron chi connectivity index (χ2n) is 5.22. The molecule has 112 valence electrons. The third-order valence-electron chi connectivity index (χ3n) is 3.37. The molecule has 1 amide bonds. The van der Waals surface area contributed by atoms with Crippen LogP contribution in [0.1, 0.15) is 25.3 Å². The Bertz CT molecular complexity index is 579. The van der Waals surface area contributed by atoms with Gasteiger partial charge in [0, 0.05) is 25.4 Å². The first-order valence-electron chi connectivity index (χ1n) is 7.21. The van der Waals surface area contributed by atoms with Crippen molar-refractivity contribution in [1.29, 1.82) is 0 Å². The lowest BCUT2D eigenvalue weighted by atomic mass is 10.1. The molecule has 1 aromatic carbocycles. The number of hydrogen-bond acceptors (Lipinski definition) is 3. The summed E-state index contributed by atoms with van der Waals surface area (Å²) < 4.78 is 1.81. The van der Waals surface area contributed by atoms with Gasteiger partial charge in [-0.1, -0.05) is 31.5 Å². The first kappa shape index (κ1) is 15.3. The quantitative estimate of drug-likeness (QED) is 0.883. The predicted octanol–water partition coefficient (Wildman–Crippen LogP) is 1.96. The normalized spacial score (nSPS) is 12.1. The zero-order chi connectivity index (χ0) is 15.2. The van der Waals surface area contributed by atoms with E-state index in [1.165, 1.54) is 0 Å². The van der Waals surface area contributed by atoms with E-state index in [1.54, 1.807) is 22.8 Å². The average molecular weight is 286 g/mol. The van der Waals surface area contributed by atoms with Gasteiger partial charge < -0.3 is 10.6 Å². The second kappa shape index (κ2) is 7.04. The van der Waals surface area contributed by atoms with Crippen LogP contribution in [0.15, 0.2) is 42.7 Å². The Hall–Kier alpha value is -2.14. The monoisotopic (exact) mass is 286 g/mol. The van der Waals surface area contributed by atoms with Gasteiger partial charge >= 0.3 is 0 Å². The number of para-hydroxylation sites is 1. The van der Waals surface area contributed by atoms with Crippen molar-refractivity contribution >= 4 is 5.91 Å². The van der Waals surface area contributed by atoms with Crippen LogP contribution in [0.2, 0.25) is 0 Å². The lowest BCUT2D eigenvalue weighted by Gasteiger charge is -2.20. The minimum absolute atomic E-state index is 0.0238. The maximum Gasteiger partial charge on any atom is 0.239 e. The summed E-state index contributed by atoms with van der Waals surface area (Å²) in [4.78, 5) is 13.7. The third kappa shape index (κ3) is 3.92. The molecule has 0 fully saturated rings. The second-order valence-corrected chi connectivity index (χ2v) is 5.22. The minimum Gasteiger partial charge on any atom is -0.340 e. The summed E-state index contributed by atoms with van der Waals surface area (Å²) >= 11 is 0. The Kier molecular flexibility index (Phi) is 5.11. The highest BCUT2D eigenvalue weighted by Crippen LogP contribution is 2.10. The number of amides is 1. The van der Waals surface area contributed by atoms with Crippen molar-refractivity contribution in [1.82, 2.24) is 14.7 Å². The summed E-state index contributed by atoms with van der Waals surface area (Å²) in [6.07, 6.45) is 5.34. The minimum atomic E-state index is -0.413. The lowest BCUT2D eigenvalue weighted by molar-refractivity contribution is -0.131. The SMILES string of the molecule is CCCC(N)C(=O)N(C)Cc1cnn(-c2ccccc2)c1. The number of carbonyl (C=O) groups is 1. The Balaban J connectivity index is 2.01. The zero-order valence-electron chi connectivity index (χ0n) is 12.6. The number of likely N-dealkylation sites (N-methyl/N-ethyl adjacent to an activating group) is 1. The molecule has 2 aromatic rings. The lowest BCUT2D eigenvalue weighted by Crippen LogP contribution is -2.41. The number of aromatic nitrogens is 2. The van der Waals surface area contributed by atoms with Crippen molar-refractivity contribution in [2.75, 3.05) is 7.05 Å². The van der Waals surface area contributed by atoms with Crippen LogP contribution in [-0.2, 0) is 11.3 Å². The third-order valence-corrected chi connectivity index (χ3v) is 3.37. The topological polar surface area (TPSA) is 64.2 Å². The molecule has 0 spiro atoms. The Morgan fingerprint density at radius 2 is 2.10 bits per heavy atom. The maximum atomic E-state index is 12.1. The average Bonchev–Trinajstić information content (AvgIpc) is 2.96. The van der Waals surface area contributed by atoms with Crippen LogP contribution < -0.4 is 5.73 Å². The molecule has 0 saturated carbocycles. The summed E-state index contributed by atoms with van der Waals surface area (Å²) in [7, 11) is 1.78. The predicted molar refractivity (Wildman–Crippen MR) is 82.9 cm³/mol. The van der Waals surface area contributed by atoms with Crippen LogP contribution in [0, 0.1) is 0 Å². The van der Waals surface area contributed by atoms with E-state index in [2.05, 4.69) is 5.10 Å². The Morgan fingerprint density at radius 3 is 2.76 bits per heavy atom. The highest BCUT2D eigenvalue weighted by atomic mass is 16.2. The van der Waals surface area contributed by atoms with Crippen molar-refractivity contribution in [3.63, 3.8) is 0 Å². The molecule has 1 atom stereocenters. The molecule has 1 aromatic heterocycles. The van der Waals surface area contributed by atoms with E-state index >= 15 is 0 Å². The molecule has 2 N–H and O–H groups in total. The highest BCUT2D eigenvalue weighted by Gasteiger charge is 2.17. The largest absolute Gasteiger partial charge is 0.340 e. The molecule has 0 radical (unpaired) electrons. The van der Waals surface area contributed by atoms with Crippen LogP contribution in [0.3, 0.4) is 0 Å². The Labute approximate surface area is 125 Å². The van der Waals surface area contributed by atoms with E-state index in [-0.39, 0.29) is 5.91 Å². The van der Waals surface area contributed by atoms with Crippen molar-refractivity contribution in [2.24, 2.45) is 5.73 Å². The van der Waals surface area contributed by atoms with Gasteiger partial charge in [-0.25, -0.2) is 4.68 Å². The smallest absolute Gasteiger partial charge is 0.239 e. The fraction of sp³-hybridized carbons (Fsp3) is 0.375. The molecule has 0 aliphatic rings. The van der Waals surface area contributed by atoms with Crippen LogP contribution in [0.5, 0.6) is 0 Å². The van der Waals surface area contributed by atoms with Gasteiger partial charge in [0.1, 0.15) is 0 Å². The van der Waals surface area contributed by atoms with Gasteiger partial charge in [0.05, 0.1) is 17.9 Å². The first-order chi connectivity index (χ1) is 10.1. The summed E-state index contributed by atoms with van der Waals surface area (Å²) in [5, 5.41) is 4.33. The molecule has 0 bridgehead atoms. The van der Waals surface area contributed by atoms with Crippen LogP contribution >= 0.6 is 0 Å². The van der Waals surface area contributed by atoms with Crippen molar-refractivity contribution in [2.45, 2.75) is 32.4 Å². The number of rotatable bonds is 6. The highest BCUT2D eigenvalue weighted by molar-refractivity contribution is 5.81. The number of nitrogens with zero attached hydrogens (tertiary/aromatic N) is 3. The van der Waals surface area contributed by atoms with Gasteiger partial charge in [0.15, 0.2) is 0 Å². The molecule has 1 unspecified atom stereocenters. The molecular weight excluding hydrogens is 264 g/mol. The van der Waals surface area contributed by atoms with Crippen molar-refractivity contribution in [3.05, 3.63) is 48.3 Å². The summed E-state index contributed by atoms with van der Waals surface area (Å²) in [5.74, 6) is -0.0238. The molecular formula is C16H22N4O. The number of hydrogen-bond donors (Lipinski definition) is 1. The van der Waals surface area contributed by atoms with Gasteiger partial charge in [0.2, 0.25) is 5.91 Å². The van der Waals surface area contributed by atoms with Crippen LogP contribution in [0.25, 0.3) is 5.69 Å². The van der Waals surface area contributed by atoms with Crippen molar-refractivity contribution in [3.8, 4) is 5.69 Å². The molecule has 5 nitrogen and oxygen atoms in total. The summed E-state index contributed by atoms with van der Waals surface area (Å²) in [6, 6.07) is 9.47. The van der Waals surface area contributed by atoms with E-state index < -0.39 is 6.04 Å². The molecule has 0 saturated heterocycles. The molecule has 1 heterocycles. The van der Waals surface area contributed by atoms with E-state index in [9.17, 15) is 4.79 Å². The maximum absolute atomic E-state index is 12.1. The number of nitrogens with two attached hydrogens (primary N) is 1. The molecule has 2 rings (SSSR count). The standard InChI is InChI=1S/C16H22N4O/c1-3-7-15(17)16(21)19(2)11-13-10-18-20(12-13)14-8-5-4-6-9-14/h4-6,8-10,12,15H,3,7,11,17H2,1-2H3. The van der Waals surface area contributed by atoms with E-state index in [4.69, 9.17) is 5.73 Å². The van der Waals surface area contributed by atoms with Crippen LogP contribution in [-0.4, -0.2) is 33.7 Å². The summed E-state index contributed by atoms with van der Waals surface area (Å²) in [5.41, 5.74) is 7.85. The fourth-order valence-electron chi connectivity index (χ4n) is 2.23. The van der Waals surface area contributed by atoms with E-state index in [0.29, 0.717) is 13.0 Å². The van der Waals surface area contributed by atoms with E-state index in [0.717, 1.165) is 17.7 Å².